The lowest BCUT2D eigenvalue weighted by Gasteiger charge is -2.20. The first-order chi connectivity index (χ1) is 8.79. The zero-order valence-electron chi connectivity index (χ0n) is 10.4. The van der Waals surface area contributed by atoms with Gasteiger partial charge in [-0.25, -0.2) is 9.59 Å². The first-order valence-electron chi connectivity index (χ1n) is 6.07. The van der Waals surface area contributed by atoms with Gasteiger partial charge in [-0.05, 0) is 19.3 Å². The van der Waals surface area contributed by atoms with Gasteiger partial charge in [0.2, 0.25) is 0 Å². The molecule has 2 bridgehead atoms. The van der Waals surface area contributed by atoms with Gasteiger partial charge in [-0.15, -0.1) is 0 Å². The molecule has 19 heavy (non-hydrogen) atoms. The predicted molar refractivity (Wildman–Crippen MR) is 57.3 cm³/mol. The van der Waals surface area contributed by atoms with E-state index in [4.69, 9.17) is 4.74 Å². The van der Waals surface area contributed by atoms with Crippen LogP contribution in [0.3, 0.4) is 0 Å². The summed E-state index contributed by atoms with van der Waals surface area (Å²) < 4.78 is 34.0. The average Bonchev–Trinajstić information content (AvgIpc) is 2.88. The highest BCUT2D eigenvalue weighted by Gasteiger charge is 2.49. The average molecular weight is 276 g/mol. The van der Waals surface area contributed by atoms with Gasteiger partial charge in [0, 0.05) is 18.8 Å². The zero-order valence-corrected chi connectivity index (χ0v) is 10.4. The highest BCUT2D eigenvalue weighted by molar-refractivity contribution is 5.91. The van der Waals surface area contributed by atoms with Gasteiger partial charge in [0.05, 0.1) is 0 Å². The van der Waals surface area contributed by atoms with Crippen LogP contribution in [0.2, 0.25) is 0 Å². The molecule has 2 fully saturated rings. The third-order valence-electron chi connectivity index (χ3n) is 3.52. The van der Waals surface area contributed by atoms with Crippen molar-refractivity contribution >= 4 is 17.7 Å². The molecule has 106 valence electrons. The van der Waals surface area contributed by atoms with Crippen molar-refractivity contribution in [2.45, 2.75) is 38.2 Å². The van der Waals surface area contributed by atoms with Gasteiger partial charge in [-0.1, -0.05) is 0 Å². The minimum atomic E-state index is -3.65. The fraction of sp³-hybridized carbons (Fsp3) is 0.750. The second-order valence-electron chi connectivity index (χ2n) is 5.05. The lowest BCUT2D eigenvalue weighted by Crippen LogP contribution is -2.35. The normalized spacial score (nSPS) is 29.4. The Morgan fingerprint density at radius 1 is 1.37 bits per heavy atom. The summed E-state index contributed by atoms with van der Waals surface area (Å²) in [5.41, 5.74) is 0. The number of alkyl halides is 2. The molecule has 0 amide bonds. The number of carbonyl (C=O) groups is 3. The number of rotatable bonds is 4. The Hall–Kier alpha value is -1.53. The van der Waals surface area contributed by atoms with Crippen molar-refractivity contribution in [3.05, 3.63) is 0 Å². The maximum absolute atomic E-state index is 12.5. The van der Waals surface area contributed by atoms with Crippen molar-refractivity contribution in [2.24, 2.45) is 11.8 Å². The van der Waals surface area contributed by atoms with Crippen LogP contribution in [-0.4, -0.2) is 36.4 Å². The molecule has 2 aliphatic rings. The van der Waals surface area contributed by atoms with Crippen LogP contribution in [0.5, 0.6) is 0 Å². The minimum Gasteiger partial charge on any atom is -0.452 e. The van der Waals surface area contributed by atoms with E-state index in [1.54, 1.807) is 0 Å². The fourth-order valence-electron chi connectivity index (χ4n) is 2.60. The number of carbonyl (C=O) groups excluding carboxylic acids is 3. The van der Waals surface area contributed by atoms with Gasteiger partial charge < -0.3 is 9.47 Å². The van der Waals surface area contributed by atoms with Crippen LogP contribution in [0.1, 0.15) is 26.2 Å². The summed E-state index contributed by atoms with van der Waals surface area (Å²) in [6, 6.07) is 0. The van der Waals surface area contributed by atoms with Crippen molar-refractivity contribution < 1.29 is 32.6 Å². The Kier molecular flexibility index (Phi) is 3.56. The Morgan fingerprint density at radius 3 is 2.58 bits per heavy atom. The highest BCUT2D eigenvalue weighted by atomic mass is 19.3. The molecule has 0 aliphatic heterocycles. The SMILES string of the molecule is CC(F)(F)C(=O)OCC(=O)OC1C(=O)C2CCC1C2. The number of hydrogen-bond acceptors (Lipinski definition) is 5. The molecule has 3 atom stereocenters. The smallest absolute Gasteiger partial charge is 0.377 e. The van der Waals surface area contributed by atoms with Crippen LogP contribution in [0, 0.1) is 11.8 Å². The number of ether oxygens (including phenoxy) is 2. The molecule has 0 radical (unpaired) electrons. The molecule has 0 spiro atoms. The second kappa shape index (κ2) is 4.86. The van der Waals surface area contributed by atoms with Crippen LogP contribution in [-0.2, 0) is 23.9 Å². The first kappa shape index (κ1) is 13.9. The Balaban J connectivity index is 1.79. The Labute approximate surface area is 108 Å². The molecule has 2 aliphatic carbocycles. The molecule has 2 saturated carbocycles. The molecule has 0 heterocycles. The van der Waals surface area contributed by atoms with E-state index >= 15 is 0 Å². The fourth-order valence-corrected chi connectivity index (χ4v) is 2.60. The molecule has 0 N–H and O–H groups in total. The molecule has 0 aromatic rings. The highest BCUT2D eigenvalue weighted by Crippen LogP contribution is 2.43. The molecule has 0 saturated heterocycles. The third kappa shape index (κ3) is 2.90. The lowest BCUT2D eigenvalue weighted by molar-refractivity contribution is -0.178. The molecule has 2 rings (SSSR count). The molecule has 7 heteroatoms. The maximum Gasteiger partial charge on any atom is 0.377 e. The Morgan fingerprint density at radius 2 is 2.05 bits per heavy atom. The second-order valence-corrected chi connectivity index (χ2v) is 5.05. The Bertz CT molecular complexity index is 415. The third-order valence-corrected chi connectivity index (χ3v) is 3.52. The molecule has 0 aromatic carbocycles. The van der Waals surface area contributed by atoms with Gasteiger partial charge in [0.25, 0.3) is 0 Å². The van der Waals surface area contributed by atoms with Gasteiger partial charge >= 0.3 is 17.9 Å². The largest absolute Gasteiger partial charge is 0.452 e. The topological polar surface area (TPSA) is 69.7 Å². The summed E-state index contributed by atoms with van der Waals surface area (Å²) in [5.74, 6) is -6.55. The van der Waals surface area contributed by atoms with Crippen molar-refractivity contribution in [1.29, 1.82) is 0 Å². The number of Topliss-reactive ketones (excluding diaryl/α,β-unsaturated/α-hetero) is 1. The first-order valence-corrected chi connectivity index (χ1v) is 6.07. The monoisotopic (exact) mass is 276 g/mol. The number of halogens is 2. The van der Waals surface area contributed by atoms with Gasteiger partial charge in [-0.2, -0.15) is 8.78 Å². The maximum atomic E-state index is 12.5. The van der Waals surface area contributed by atoms with Crippen molar-refractivity contribution in [3.8, 4) is 0 Å². The van der Waals surface area contributed by atoms with Crippen LogP contribution >= 0.6 is 0 Å². The molecular weight excluding hydrogens is 262 g/mol. The van der Waals surface area contributed by atoms with Crippen molar-refractivity contribution in [1.82, 2.24) is 0 Å². The zero-order chi connectivity index (χ0) is 14.2. The minimum absolute atomic E-state index is 0.0183. The van der Waals surface area contributed by atoms with Crippen LogP contribution in [0.4, 0.5) is 8.78 Å². The summed E-state index contributed by atoms with van der Waals surface area (Å²) in [7, 11) is 0. The van der Waals surface area contributed by atoms with E-state index < -0.39 is 30.6 Å². The van der Waals surface area contributed by atoms with E-state index in [0.717, 1.165) is 12.8 Å². The molecule has 0 aromatic heterocycles. The number of fused-ring (bicyclic) bond motifs is 2. The van der Waals surface area contributed by atoms with Crippen molar-refractivity contribution in [3.63, 3.8) is 0 Å². The summed E-state index contributed by atoms with van der Waals surface area (Å²) in [6.07, 6.45) is 1.55. The van der Waals surface area contributed by atoms with E-state index in [0.29, 0.717) is 13.3 Å². The van der Waals surface area contributed by atoms with Crippen LogP contribution in [0.15, 0.2) is 0 Å². The van der Waals surface area contributed by atoms with Gasteiger partial charge in [0.15, 0.2) is 18.5 Å². The van der Waals surface area contributed by atoms with Gasteiger partial charge in [-0.3, -0.25) is 4.79 Å². The van der Waals surface area contributed by atoms with E-state index in [2.05, 4.69) is 4.74 Å². The number of hydrogen-bond donors (Lipinski definition) is 0. The van der Waals surface area contributed by atoms with E-state index in [-0.39, 0.29) is 17.6 Å². The summed E-state index contributed by atoms with van der Waals surface area (Å²) in [5, 5.41) is 0. The van der Waals surface area contributed by atoms with Crippen LogP contribution < -0.4 is 0 Å². The van der Waals surface area contributed by atoms with E-state index in [1.807, 2.05) is 0 Å². The standard InChI is InChI=1S/C12H14F2O5/c1-12(13,14)11(17)18-5-8(15)19-10-7-3-2-6(4-7)9(10)16/h6-7,10H,2-5H2,1H3. The van der Waals surface area contributed by atoms with E-state index in [1.165, 1.54) is 0 Å². The predicted octanol–water partition coefficient (Wildman–Crippen LogP) is 1.10. The number of esters is 2. The quantitative estimate of drug-likeness (QED) is 0.719. The lowest BCUT2D eigenvalue weighted by atomic mass is 9.96. The number of ketones is 1. The van der Waals surface area contributed by atoms with Crippen molar-refractivity contribution in [2.75, 3.05) is 6.61 Å². The van der Waals surface area contributed by atoms with Crippen LogP contribution in [0.25, 0.3) is 0 Å². The molecule has 5 nitrogen and oxygen atoms in total. The summed E-state index contributed by atoms with van der Waals surface area (Å²) in [6.45, 7) is -0.524. The molecule has 3 unspecified atom stereocenters. The summed E-state index contributed by atoms with van der Waals surface area (Å²) in [4.78, 5) is 33.8. The van der Waals surface area contributed by atoms with Gasteiger partial charge in [0.1, 0.15) is 0 Å². The summed E-state index contributed by atoms with van der Waals surface area (Å²) >= 11 is 0. The molecular formula is C12H14F2O5. The van der Waals surface area contributed by atoms with E-state index in [9.17, 15) is 23.2 Å².